The summed E-state index contributed by atoms with van der Waals surface area (Å²) in [7, 11) is 0. The summed E-state index contributed by atoms with van der Waals surface area (Å²) in [5.74, 6) is 0. The number of allylic oxidation sites excluding steroid dienone is 10. The lowest BCUT2D eigenvalue weighted by molar-refractivity contribution is 0.162. The fourth-order valence-electron chi connectivity index (χ4n) is 12.1. The second-order valence-corrected chi connectivity index (χ2v) is 28.9. The predicted octanol–water partition coefficient (Wildman–Crippen LogP) is 21.4. The van der Waals surface area contributed by atoms with Gasteiger partial charge < -0.3 is 0 Å². The van der Waals surface area contributed by atoms with Crippen LogP contribution in [0.4, 0.5) is 0 Å². The Kier molecular flexibility index (Phi) is 18.8. The Morgan fingerprint density at radius 1 is 0.286 bits per heavy atom. The van der Waals surface area contributed by atoms with Crippen LogP contribution in [0.5, 0.6) is 0 Å². The summed E-state index contributed by atoms with van der Waals surface area (Å²) in [5.41, 5.74) is 13.3. The fourth-order valence-corrected chi connectivity index (χ4v) is 12.1. The third-order valence-corrected chi connectivity index (χ3v) is 17.7. The van der Waals surface area contributed by atoms with Crippen molar-refractivity contribution in [1.82, 2.24) is 0 Å². The Balaban J connectivity index is 0.000000174. The summed E-state index contributed by atoms with van der Waals surface area (Å²) in [6.45, 7) is 39.8. The van der Waals surface area contributed by atoms with Crippen molar-refractivity contribution >= 4 is 0 Å². The van der Waals surface area contributed by atoms with Crippen LogP contribution < -0.4 is 0 Å². The summed E-state index contributed by atoms with van der Waals surface area (Å²) < 4.78 is 0. The average molecular weight is 868 g/mol. The van der Waals surface area contributed by atoms with E-state index in [2.05, 4.69) is 148 Å². The van der Waals surface area contributed by atoms with Crippen molar-refractivity contribution in [3.8, 4) is 0 Å². The molecule has 3 fully saturated rings. The molecule has 0 bridgehead atoms. The Morgan fingerprint density at radius 3 is 0.825 bits per heavy atom. The van der Waals surface area contributed by atoms with Crippen LogP contribution in [0, 0.1) is 48.7 Å². The topological polar surface area (TPSA) is 0 Å². The zero-order valence-corrected chi connectivity index (χ0v) is 46.0. The first-order valence-corrected chi connectivity index (χ1v) is 27.5. The van der Waals surface area contributed by atoms with Crippen LogP contribution in [0.15, 0.2) is 58.2 Å². The van der Waals surface area contributed by atoms with E-state index < -0.39 is 0 Å². The van der Waals surface area contributed by atoms with Gasteiger partial charge in [-0.2, -0.15) is 0 Å². The van der Waals surface area contributed by atoms with Crippen molar-refractivity contribution in [3.05, 3.63) is 58.2 Å². The molecule has 0 nitrogen and oxygen atoms in total. The van der Waals surface area contributed by atoms with E-state index in [1.54, 1.807) is 27.9 Å². The van der Waals surface area contributed by atoms with Gasteiger partial charge in [-0.25, -0.2) is 0 Å². The molecule has 0 N–H and O–H groups in total. The number of hydrogen-bond donors (Lipinski definition) is 0. The molecule has 0 saturated heterocycles. The van der Waals surface area contributed by atoms with E-state index >= 15 is 0 Å². The maximum Gasteiger partial charge on any atom is -0.0173 e. The molecule has 0 heterocycles. The molecule has 0 radical (unpaired) electrons. The molecule has 0 aromatic heterocycles. The summed E-state index contributed by atoms with van der Waals surface area (Å²) in [5, 5.41) is 0. The van der Waals surface area contributed by atoms with E-state index in [-0.39, 0.29) is 0 Å². The van der Waals surface area contributed by atoms with E-state index in [0.717, 1.165) is 16.2 Å². The Morgan fingerprint density at radius 2 is 0.587 bits per heavy atom. The molecule has 63 heavy (non-hydrogen) atoms. The molecule has 0 unspecified atom stereocenters. The minimum absolute atomic E-state index is 0.399. The van der Waals surface area contributed by atoms with Crippen LogP contribution in [0.3, 0.4) is 0 Å². The van der Waals surface area contributed by atoms with Gasteiger partial charge in [0.05, 0.1) is 0 Å². The Labute approximate surface area is 396 Å². The summed E-state index contributed by atoms with van der Waals surface area (Å²) in [6.07, 6.45) is 51.0. The molecule has 8 rings (SSSR count). The van der Waals surface area contributed by atoms with Crippen molar-refractivity contribution in [2.75, 3.05) is 0 Å². The molecular formula is C63H110. The Bertz CT molecular complexity index is 1530. The van der Waals surface area contributed by atoms with E-state index in [1.165, 1.54) is 173 Å². The molecule has 8 aliphatic carbocycles. The lowest BCUT2D eigenvalue weighted by Gasteiger charge is -2.41. The summed E-state index contributed by atoms with van der Waals surface area (Å²) in [6, 6.07) is 0. The van der Waals surface area contributed by atoms with Crippen molar-refractivity contribution < 1.29 is 0 Å². The van der Waals surface area contributed by atoms with Gasteiger partial charge in [-0.1, -0.05) is 208 Å². The highest BCUT2D eigenvalue weighted by atomic mass is 14.5. The molecule has 0 aliphatic heterocycles. The number of rotatable bonds is 0. The molecule has 0 atom stereocenters. The van der Waals surface area contributed by atoms with Gasteiger partial charge in [0.1, 0.15) is 0 Å². The highest BCUT2D eigenvalue weighted by Crippen LogP contribution is 2.57. The van der Waals surface area contributed by atoms with E-state index in [9.17, 15) is 0 Å². The maximum atomic E-state index is 2.58. The van der Waals surface area contributed by atoms with Crippen LogP contribution in [-0.2, 0) is 0 Å². The highest BCUT2D eigenvalue weighted by Gasteiger charge is 2.43. The van der Waals surface area contributed by atoms with Crippen molar-refractivity contribution in [2.45, 2.75) is 291 Å². The Hall–Kier alpha value is -1.30. The van der Waals surface area contributed by atoms with Crippen LogP contribution in [0.2, 0.25) is 0 Å². The standard InChI is InChI=1S/C15H26.C14H24.C12H20.C12H22.C10H18/c1-14(2,3)13-7-11-15(12-8-13)9-5-4-6-10-15;1-13(2,3)12-6-10-14(11-7-12)8-4-5-9-14;1-11(2,3)10-4-6-12(7-5-10)8-9-12;1-11(2,3)10-6-8-12(4,5)9-7-10;1-10(2,3)9-7-5-4-6-8-9/h7H,4-6,8-12H2,1-3H3;6H,4-5,7-11H2,1-3H3;4H,5-9H2,1-3H3;6H,7-9H2,1-5H3;7H,4-6,8H2,1-3H3. The molecule has 0 aromatic rings. The maximum absolute atomic E-state index is 2.58. The molecule has 8 aliphatic rings. The van der Waals surface area contributed by atoms with Crippen LogP contribution in [-0.4, -0.2) is 0 Å². The molecule has 0 heteroatoms. The highest BCUT2D eigenvalue weighted by molar-refractivity contribution is 5.20. The van der Waals surface area contributed by atoms with Crippen molar-refractivity contribution in [2.24, 2.45) is 48.7 Å². The average Bonchev–Trinajstić information content (AvgIpc) is 3.79. The normalized spacial score (nSPS) is 25.1. The van der Waals surface area contributed by atoms with Gasteiger partial charge in [0.15, 0.2) is 0 Å². The monoisotopic (exact) mass is 867 g/mol. The molecule has 3 spiro atoms. The van der Waals surface area contributed by atoms with E-state index in [1.807, 2.05) is 0 Å². The molecular weight excluding hydrogens is 757 g/mol. The minimum Gasteiger partial charge on any atom is -0.0848 e. The number of hydrogen-bond acceptors (Lipinski definition) is 0. The molecule has 0 amide bonds. The first kappa shape index (κ1) is 54.3. The predicted molar refractivity (Wildman–Crippen MR) is 283 cm³/mol. The van der Waals surface area contributed by atoms with Crippen LogP contribution in [0.1, 0.15) is 291 Å². The molecule has 362 valence electrons. The van der Waals surface area contributed by atoms with Gasteiger partial charge in [-0.15, -0.1) is 0 Å². The fraction of sp³-hybridized carbons (Fsp3) is 0.841. The SMILES string of the molecule is CC(C)(C)C1=CCC2(CC1)CC2.CC(C)(C)C1=CCC2(CCCC2)CC1.CC(C)(C)C1=CCC2(CCCCC2)CC1.CC(C)(C)C1=CCCCC1.CC1(C)CC=C(C(C)(C)C)CC1. The lowest BCUT2D eigenvalue weighted by atomic mass is 9.64. The zero-order chi connectivity index (χ0) is 47.0. The van der Waals surface area contributed by atoms with Gasteiger partial charge in [0.25, 0.3) is 0 Å². The van der Waals surface area contributed by atoms with Gasteiger partial charge in [-0.3, -0.25) is 0 Å². The second kappa shape index (κ2) is 21.8. The third kappa shape index (κ3) is 17.7. The summed E-state index contributed by atoms with van der Waals surface area (Å²) >= 11 is 0. The van der Waals surface area contributed by atoms with Crippen molar-refractivity contribution in [1.29, 1.82) is 0 Å². The second-order valence-electron chi connectivity index (χ2n) is 28.9. The van der Waals surface area contributed by atoms with Gasteiger partial charge in [0.2, 0.25) is 0 Å². The lowest BCUT2D eigenvalue weighted by Crippen LogP contribution is -2.28. The molecule has 0 aromatic carbocycles. The van der Waals surface area contributed by atoms with Gasteiger partial charge >= 0.3 is 0 Å². The first-order chi connectivity index (χ1) is 29.0. The zero-order valence-electron chi connectivity index (χ0n) is 46.0. The van der Waals surface area contributed by atoms with Gasteiger partial charge in [-0.05, 0) is 190 Å². The third-order valence-electron chi connectivity index (χ3n) is 17.7. The van der Waals surface area contributed by atoms with E-state index in [4.69, 9.17) is 0 Å². The van der Waals surface area contributed by atoms with Crippen LogP contribution in [0.25, 0.3) is 0 Å². The van der Waals surface area contributed by atoms with Crippen LogP contribution >= 0.6 is 0 Å². The minimum atomic E-state index is 0.399. The molecule has 3 saturated carbocycles. The quantitative estimate of drug-likeness (QED) is 0.213. The van der Waals surface area contributed by atoms with E-state index in [0.29, 0.717) is 32.5 Å². The summed E-state index contributed by atoms with van der Waals surface area (Å²) in [4.78, 5) is 0. The van der Waals surface area contributed by atoms with Gasteiger partial charge in [0, 0.05) is 0 Å². The first-order valence-electron chi connectivity index (χ1n) is 27.5. The van der Waals surface area contributed by atoms with Crippen molar-refractivity contribution in [3.63, 3.8) is 0 Å². The smallest absolute Gasteiger partial charge is 0.0173 e. The largest absolute Gasteiger partial charge is 0.0848 e.